The summed E-state index contributed by atoms with van der Waals surface area (Å²) in [4.78, 5) is 11.4. The molecule has 0 atom stereocenters. The lowest BCUT2D eigenvalue weighted by molar-refractivity contribution is 0.0699. The van der Waals surface area contributed by atoms with Crippen molar-refractivity contribution in [3.05, 3.63) is 71.2 Å². The second-order valence-electron chi connectivity index (χ2n) is 4.56. The standard InChI is InChI=1S/C17H11ClO2/c18-14-7-5-11(6-8-14)13-9-12-3-1-2-4-15(12)16(10-13)17(19)20/h1-10H,(H,19,20). The molecule has 0 spiro atoms. The molecule has 3 aromatic rings. The SMILES string of the molecule is O=C(O)c1cc(-c2ccc(Cl)cc2)cc2ccccc12. The van der Waals surface area contributed by atoms with Gasteiger partial charge in [-0.25, -0.2) is 4.79 Å². The Labute approximate surface area is 121 Å². The van der Waals surface area contributed by atoms with Crippen molar-refractivity contribution in [2.24, 2.45) is 0 Å². The molecule has 1 N–H and O–H groups in total. The molecule has 0 heterocycles. The van der Waals surface area contributed by atoms with E-state index in [4.69, 9.17) is 11.6 Å². The smallest absolute Gasteiger partial charge is 0.336 e. The van der Waals surface area contributed by atoms with E-state index in [2.05, 4.69) is 0 Å². The lowest BCUT2D eigenvalue weighted by atomic mass is 9.97. The number of carboxylic acids is 1. The third-order valence-electron chi connectivity index (χ3n) is 3.27. The minimum atomic E-state index is -0.919. The van der Waals surface area contributed by atoms with Gasteiger partial charge in [-0.15, -0.1) is 0 Å². The number of carbonyl (C=O) groups is 1. The van der Waals surface area contributed by atoms with E-state index in [1.165, 1.54) is 0 Å². The fraction of sp³-hybridized carbons (Fsp3) is 0. The van der Waals surface area contributed by atoms with Gasteiger partial charge < -0.3 is 5.11 Å². The number of hydrogen-bond acceptors (Lipinski definition) is 1. The first-order valence-corrected chi connectivity index (χ1v) is 6.55. The maximum absolute atomic E-state index is 11.4. The van der Waals surface area contributed by atoms with Gasteiger partial charge in [-0.05, 0) is 46.2 Å². The molecule has 3 rings (SSSR count). The minimum Gasteiger partial charge on any atom is -0.478 e. The average molecular weight is 283 g/mol. The molecule has 0 saturated heterocycles. The third-order valence-corrected chi connectivity index (χ3v) is 3.52. The number of carboxylic acid groups (broad SMARTS) is 1. The van der Waals surface area contributed by atoms with Crippen molar-refractivity contribution in [3.63, 3.8) is 0 Å². The molecule has 0 unspecified atom stereocenters. The van der Waals surface area contributed by atoms with Crippen molar-refractivity contribution >= 4 is 28.3 Å². The number of benzene rings is 3. The second kappa shape index (κ2) is 4.99. The van der Waals surface area contributed by atoms with Crippen molar-refractivity contribution in [1.82, 2.24) is 0 Å². The van der Waals surface area contributed by atoms with E-state index in [0.29, 0.717) is 10.6 Å². The zero-order valence-electron chi connectivity index (χ0n) is 10.5. The Hall–Kier alpha value is -2.32. The third kappa shape index (κ3) is 2.26. The fourth-order valence-corrected chi connectivity index (χ4v) is 2.42. The largest absolute Gasteiger partial charge is 0.478 e. The van der Waals surface area contributed by atoms with E-state index in [1.807, 2.05) is 42.5 Å². The van der Waals surface area contributed by atoms with E-state index < -0.39 is 5.97 Å². The minimum absolute atomic E-state index is 0.313. The molecule has 0 fully saturated rings. The quantitative estimate of drug-likeness (QED) is 0.729. The molecule has 3 aromatic carbocycles. The van der Waals surface area contributed by atoms with E-state index in [0.717, 1.165) is 21.9 Å². The molecule has 2 nitrogen and oxygen atoms in total. The topological polar surface area (TPSA) is 37.3 Å². The van der Waals surface area contributed by atoms with Crippen molar-refractivity contribution in [3.8, 4) is 11.1 Å². The van der Waals surface area contributed by atoms with Crippen LogP contribution in [0.1, 0.15) is 10.4 Å². The van der Waals surface area contributed by atoms with Crippen molar-refractivity contribution < 1.29 is 9.90 Å². The highest BCUT2D eigenvalue weighted by Gasteiger charge is 2.11. The fourth-order valence-electron chi connectivity index (χ4n) is 2.30. The summed E-state index contributed by atoms with van der Waals surface area (Å²) in [5.41, 5.74) is 2.13. The maximum Gasteiger partial charge on any atom is 0.336 e. The molecule has 98 valence electrons. The Morgan fingerprint density at radius 2 is 1.60 bits per heavy atom. The van der Waals surface area contributed by atoms with Crippen LogP contribution in [0.4, 0.5) is 0 Å². The predicted octanol–water partition coefficient (Wildman–Crippen LogP) is 4.86. The van der Waals surface area contributed by atoms with Crippen LogP contribution in [-0.4, -0.2) is 11.1 Å². The predicted molar refractivity (Wildman–Crippen MR) is 81.4 cm³/mol. The summed E-state index contributed by atoms with van der Waals surface area (Å²) in [6.45, 7) is 0. The van der Waals surface area contributed by atoms with Crippen LogP contribution in [0.5, 0.6) is 0 Å². The van der Waals surface area contributed by atoms with Crippen LogP contribution in [0.2, 0.25) is 5.02 Å². The highest BCUT2D eigenvalue weighted by molar-refractivity contribution is 6.30. The van der Waals surface area contributed by atoms with Gasteiger partial charge >= 0.3 is 5.97 Å². The Morgan fingerprint density at radius 1 is 0.900 bits per heavy atom. The summed E-state index contributed by atoms with van der Waals surface area (Å²) >= 11 is 5.88. The summed E-state index contributed by atoms with van der Waals surface area (Å²) < 4.78 is 0. The summed E-state index contributed by atoms with van der Waals surface area (Å²) in [6, 6.07) is 18.6. The van der Waals surface area contributed by atoms with Gasteiger partial charge in [0.25, 0.3) is 0 Å². The van der Waals surface area contributed by atoms with E-state index >= 15 is 0 Å². The summed E-state index contributed by atoms with van der Waals surface area (Å²) in [7, 11) is 0. The zero-order valence-corrected chi connectivity index (χ0v) is 11.3. The van der Waals surface area contributed by atoms with Crippen LogP contribution >= 0.6 is 11.6 Å². The van der Waals surface area contributed by atoms with Gasteiger partial charge in [0.1, 0.15) is 0 Å². The number of halogens is 1. The zero-order chi connectivity index (χ0) is 14.1. The van der Waals surface area contributed by atoms with Gasteiger partial charge in [0.15, 0.2) is 0 Å². The molecule has 3 heteroatoms. The molecular formula is C17H11ClO2. The average Bonchev–Trinajstić information content (AvgIpc) is 2.46. The molecule has 0 saturated carbocycles. The highest BCUT2D eigenvalue weighted by Crippen LogP contribution is 2.28. The molecule has 0 bridgehead atoms. The van der Waals surface area contributed by atoms with Gasteiger partial charge in [0.2, 0.25) is 0 Å². The summed E-state index contributed by atoms with van der Waals surface area (Å²) in [5.74, 6) is -0.919. The molecular weight excluding hydrogens is 272 g/mol. The Kier molecular flexibility index (Phi) is 3.17. The lowest BCUT2D eigenvalue weighted by Crippen LogP contribution is -1.98. The van der Waals surface area contributed by atoms with Gasteiger partial charge in [-0.2, -0.15) is 0 Å². The van der Waals surface area contributed by atoms with E-state index in [1.54, 1.807) is 18.2 Å². The van der Waals surface area contributed by atoms with Crippen molar-refractivity contribution in [2.45, 2.75) is 0 Å². The summed E-state index contributed by atoms with van der Waals surface area (Å²) in [5, 5.41) is 11.7. The molecule has 0 radical (unpaired) electrons. The maximum atomic E-state index is 11.4. The first kappa shape index (κ1) is 12.7. The van der Waals surface area contributed by atoms with Crippen LogP contribution < -0.4 is 0 Å². The Morgan fingerprint density at radius 3 is 2.30 bits per heavy atom. The van der Waals surface area contributed by atoms with Crippen LogP contribution in [-0.2, 0) is 0 Å². The van der Waals surface area contributed by atoms with Crippen LogP contribution in [0.3, 0.4) is 0 Å². The second-order valence-corrected chi connectivity index (χ2v) is 4.99. The molecule has 0 aromatic heterocycles. The molecule has 0 aliphatic heterocycles. The number of fused-ring (bicyclic) bond motifs is 1. The van der Waals surface area contributed by atoms with Gasteiger partial charge in [-0.1, -0.05) is 48.0 Å². The van der Waals surface area contributed by atoms with E-state index in [9.17, 15) is 9.90 Å². The lowest BCUT2D eigenvalue weighted by Gasteiger charge is -2.08. The first-order chi connectivity index (χ1) is 9.65. The number of aromatic carboxylic acids is 1. The highest BCUT2D eigenvalue weighted by atomic mass is 35.5. The normalized spacial score (nSPS) is 10.7. The van der Waals surface area contributed by atoms with Crippen LogP contribution in [0.25, 0.3) is 21.9 Å². The number of rotatable bonds is 2. The van der Waals surface area contributed by atoms with Crippen molar-refractivity contribution in [1.29, 1.82) is 0 Å². The molecule has 0 amide bonds. The Bertz CT molecular complexity index is 792. The monoisotopic (exact) mass is 282 g/mol. The molecule has 0 aliphatic rings. The molecule has 20 heavy (non-hydrogen) atoms. The molecule has 0 aliphatic carbocycles. The van der Waals surface area contributed by atoms with Crippen LogP contribution in [0.15, 0.2) is 60.7 Å². The van der Waals surface area contributed by atoms with Gasteiger partial charge in [0.05, 0.1) is 5.56 Å². The Balaban J connectivity index is 2.27. The summed E-state index contributed by atoms with van der Waals surface area (Å²) in [6.07, 6.45) is 0. The number of hydrogen-bond donors (Lipinski definition) is 1. The first-order valence-electron chi connectivity index (χ1n) is 6.17. The van der Waals surface area contributed by atoms with E-state index in [-0.39, 0.29) is 0 Å². The van der Waals surface area contributed by atoms with Gasteiger partial charge in [-0.3, -0.25) is 0 Å². The van der Waals surface area contributed by atoms with Gasteiger partial charge in [0, 0.05) is 5.02 Å². The van der Waals surface area contributed by atoms with Crippen LogP contribution in [0, 0.1) is 0 Å². The van der Waals surface area contributed by atoms with Crippen molar-refractivity contribution in [2.75, 3.05) is 0 Å².